The molecule has 2 aliphatic rings. The summed E-state index contributed by atoms with van der Waals surface area (Å²) in [6.07, 6.45) is 7.65. The van der Waals surface area contributed by atoms with Crippen molar-refractivity contribution in [2.45, 2.75) is 44.9 Å². The summed E-state index contributed by atoms with van der Waals surface area (Å²) in [6.45, 7) is 1.89. The van der Waals surface area contributed by atoms with Crippen LogP contribution in [0.5, 0.6) is 0 Å². The molecule has 0 bridgehead atoms. The Morgan fingerprint density at radius 1 is 0.645 bits per heavy atom. The lowest BCUT2D eigenvalue weighted by Gasteiger charge is -2.11. The fraction of sp³-hybridized carbons (Fsp3) is 0.360. The van der Waals surface area contributed by atoms with Crippen LogP contribution in [0.4, 0.5) is 0 Å². The minimum absolute atomic E-state index is 0.649. The van der Waals surface area contributed by atoms with Crippen LogP contribution in [-0.4, -0.2) is 44.4 Å². The summed E-state index contributed by atoms with van der Waals surface area (Å²) in [7, 11) is 0. The fourth-order valence-corrected chi connectivity index (χ4v) is 4.68. The Labute approximate surface area is 181 Å². The highest BCUT2D eigenvalue weighted by Crippen LogP contribution is 2.21. The fourth-order valence-electron chi connectivity index (χ4n) is 4.68. The van der Waals surface area contributed by atoms with Crippen LogP contribution < -0.4 is 0 Å². The van der Waals surface area contributed by atoms with Crippen LogP contribution in [0.15, 0.2) is 46.4 Å². The van der Waals surface area contributed by atoms with Crippen LogP contribution in [0.3, 0.4) is 0 Å². The number of benzene rings is 2. The Hall–Kier alpha value is -3.28. The third-order valence-corrected chi connectivity index (χ3v) is 6.31. The Kier molecular flexibility index (Phi) is 4.63. The number of H-pyrrole nitrogens is 2. The molecule has 0 radical (unpaired) electrons. The molecule has 0 saturated carbocycles. The molecule has 0 atom stereocenters. The van der Waals surface area contributed by atoms with Gasteiger partial charge in [0, 0.05) is 24.5 Å². The summed E-state index contributed by atoms with van der Waals surface area (Å²) >= 11 is 0. The number of nitrogens with one attached hydrogen (secondary N) is 2. The zero-order valence-corrected chi connectivity index (χ0v) is 17.6. The van der Waals surface area contributed by atoms with E-state index in [9.17, 15) is 0 Å². The van der Waals surface area contributed by atoms with Gasteiger partial charge in [0.1, 0.15) is 11.6 Å². The molecule has 2 aliphatic heterocycles. The molecule has 0 spiro atoms. The number of aromatic nitrogens is 4. The van der Waals surface area contributed by atoms with E-state index in [0.29, 0.717) is 6.42 Å². The number of rotatable bonds is 4. The molecule has 0 fully saturated rings. The van der Waals surface area contributed by atoms with E-state index in [1.165, 1.54) is 48.2 Å². The monoisotopic (exact) mass is 410 g/mol. The molecule has 6 nitrogen and oxygen atoms in total. The molecule has 0 amide bonds. The Morgan fingerprint density at radius 2 is 1.16 bits per heavy atom. The van der Waals surface area contributed by atoms with Crippen molar-refractivity contribution >= 4 is 33.5 Å². The lowest BCUT2D eigenvalue weighted by atomic mass is 10.0. The predicted octanol–water partition coefficient (Wildman–Crippen LogP) is 4.98. The molecule has 4 heterocycles. The molecular weight excluding hydrogens is 384 g/mol. The third-order valence-electron chi connectivity index (χ3n) is 6.31. The van der Waals surface area contributed by atoms with Crippen LogP contribution in [0.25, 0.3) is 22.1 Å². The van der Waals surface area contributed by atoms with E-state index in [0.717, 1.165) is 59.6 Å². The smallest absolute Gasteiger partial charge is 0.114 e. The van der Waals surface area contributed by atoms with Crippen molar-refractivity contribution in [3.63, 3.8) is 0 Å². The number of aromatic amines is 2. The van der Waals surface area contributed by atoms with Gasteiger partial charge in [-0.2, -0.15) is 0 Å². The molecular formula is C25H26N6. The highest BCUT2D eigenvalue weighted by atomic mass is 15.0. The molecule has 31 heavy (non-hydrogen) atoms. The first-order valence-corrected chi connectivity index (χ1v) is 11.4. The van der Waals surface area contributed by atoms with Gasteiger partial charge >= 0.3 is 0 Å². The van der Waals surface area contributed by atoms with Gasteiger partial charge in [-0.05, 0) is 73.9 Å². The van der Waals surface area contributed by atoms with Crippen molar-refractivity contribution < 1.29 is 0 Å². The highest BCUT2D eigenvalue weighted by Gasteiger charge is 2.13. The van der Waals surface area contributed by atoms with Crippen molar-refractivity contribution in [1.82, 2.24) is 19.9 Å². The van der Waals surface area contributed by atoms with Crippen molar-refractivity contribution in [3.8, 4) is 0 Å². The van der Waals surface area contributed by atoms with E-state index in [4.69, 9.17) is 20.0 Å². The van der Waals surface area contributed by atoms with E-state index in [1.807, 2.05) is 0 Å². The average molecular weight is 411 g/mol. The summed E-state index contributed by atoms with van der Waals surface area (Å²) in [5, 5.41) is 0. The zero-order valence-electron chi connectivity index (χ0n) is 17.6. The Morgan fingerprint density at radius 3 is 1.61 bits per heavy atom. The van der Waals surface area contributed by atoms with Crippen LogP contribution in [0.1, 0.15) is 61.3 Å². The van der Waals surface area contributed by atoms with Gasteiger partial charge in [0.15, 0.2) is 0 Å². The van der Waals surface area contributed by atoms with E-state index >= 15 is 0 Å². The first kappa shape index (κ1) is 18.5. The van der Waals surface area contributed by atoms with Gasteiger partial charge in [0.2, 0.25) is 0 Å². The molecule has 156 valence electrons. The van der Waals surface area contributed by atoms with Crippen LogP contribution >= 0.6 is 0 Å². The lowest BCUT2D eigenvalue weighted by Crippen LogP contribution is -2.07. The number of nitrogens with zero attached hydrogens (tertiary/aromatic N) is 4. The van der Waals surface area contributed by atoms with E-state index in [-0.39, 0.29) is 0 Å². The predicted molar refractivity (Wildman–Crippen MR) is 126 cm³/mol. The summed E-state index contributed by atoms with van der Waals surface area (Å²) in [5.41, 5.74) is 8.98. The zero-order chi connectivity index (χ0) is 20.6. The summed E-state index contributed by atoms with van der Waals surface area (Å²) in [4.78, 5) is 25.9. The second-order valence-corrected chi connectivity index (χ2v) is 8.58. The number of hydrogen-bond acceptors (Lipinski definition) is 4. The van der Waals surface area contributed by atoms with Gasteiger partial charge in [-0.25, -0.2) is 9.97 Å². The highest BCUT2D eigenvalue weighted by molar-refractivity contribution is 6.03. The summed E-state index contributed by atoms with van der Waals surface area (Å²) in [5.74, 6) is 1.85. The lowest BCUT2D eigenvalue weighted by molar-refractivity contribution is 0.738. The summed E-state index contributed by atoms with van der Waals surface area (Å²) < 4.78 is 0. The SMILES string of the molecule is c1cc2nc(Cc3nc4ccc(C5=NCCCC5)cc4[nH]3)[nH]c2cc1C1=NCCCC1. The maximum absolute atomic E-state index is 4.78. The van der Waals surface area contributed by atoms with E-state index in [1.54, 1.807) is 0 Å². The molecule has 2 aromatic carbocycles. The standard InChI is InChI=1S/C25H26N6/c1-3-11-26-18(5-1)16-7-9-20-22(13-16)30-24(28-20)15-25-29-21-10-8-17(14-23(21)31-25)19-6-2-4-12-27-19/h7-10,13-14H,1-6,11-12,15H2,(H,28,30)(H,29,31). The van der Waals surface area contributed by atoms with Crippen molar-refractivity contribution in [3.05, 3.63) is 59.2 Å². The first-order valence-electron chi connectivity index (χ1n) is 11.4. The van der Waals surface area contributed by atoms with Gasteiger partial charge in [0.25, 0.3) is 0 Å². The largest absolute Gasteiger partial charge is 0.342 e. The van der Waals surface area contributed by atoms with Crippen molar-refractivity contribution in [2.75, 3.05) is 13.1 Å². The maximum Gasteiger partial charge on any atom is 0.114 e. The Bertz CT molecular complexity index is 1220. The number of hydrogen-bond donors (Lipinski definition) is 2. The quantitative estimate of drug-likeness (QED) is 0.498. The van der Waals surface area contributed by atoms with Gasteiger partial charge in [-0.3, -0.25) is 9.98 Å². The molecule has 2 aromatic heterocycles. The molecule has 0 unspecified atom stereocenters. The summed E-state index contributed by atoms with van der Waals surface area (Å²) in [6, 6.07) is 12.9. The van der Waals surface area contributed by atoms with E-state index in [2.05, 4.69) is 46.4 Å². The topological polar surface area (TPSA) is 82.1 Å². The maximum atomic E-state index is 4.78. The third kappa shape index (κ3) is 3.67. The van der Waals surface area contributed by atoms with Crippen LogP contribution in [-0.2, 0) is 6.42 Å². The normalized spacial score (nSPS) is 17.2. The van der Waals surface area contributed by atoms with Gasteiger partial charge in [0.05, 0.1) is 28.5 Å². The van der Waals surface area contributed by atoms with Crippen LogP contribution in [0, 0.1) is 0 Å². The minimum Gasteiger partial charge on any atom is -0.342 e. The van der Waals surface area contributed by atoms with E-state index < -0.39 is 0 Å². The second-order valence-electron chi connectivity index (χ2n) is 8.58. The Balaban J connectivity index is 1.26. The molecule has 6 heteroatoms. The number of fused-ring (bicyclic) bond motifs is 2. The first-order chi connectivity index (χ1) is 15.3. The molecule has 0 aliphatic carbocycles. The second kappa shape index (κ2) is 7.76. The van der Waals surface area contributed by atoms with Gasteiger partial charge in [-0.15, -0.1) is 0 Å². The van der Waals surface area contributed by atoms with Gasteiger partial charge < -0.3 is 9.97 Å². The van der Waals surface area contributed by atoms with Crippen molar-refractivity contribution in [1.29, 1.82) is 0 Å². The number of aliphatic imine (C=N–C) groups is 2. The van der Waals surface area contributed by atoms with Crippen LogP contribution in [0.2, 0.25) is 0 Å². The molecule has 2 N–H and O–H groups in total. The molecule has 4 aromatic rings. The average Bonchev–Trinajstić information content (AvgIpc) is 3.42. The number of imidazole rings is 2. The minimum atomic E-state index is 0.649. The molecule has 6 rings (SSSR count). The molecule has 0 saturated heterocycles. The van der Waals surface area contributed by atoms with Gasteiger partial charge in [-0.1, -0.05) is 12.1 Å². The van der Waals surface area contributed by atoms with Crippen molar-refractivity contribution in [2.24, 2.45) is 9.98 Å².